The smallest absolute Gasteiger partial charge is 0.419 e. The molecule has 8 heteroatoms. The van der Waals surface area contributed by atoms with Gasteiger partial charge in [-0.1, -0.05) is 19.3 Å². The van der Waals surface area contributed by atoms with E-state index in [1.807, 2.05) is 0 Å². The van der Waals surface area contributed by atoms with Gasteiger partial charge in [-0.25, -0.2) is 9.59 Å². The van der Waals surface area contributed by atoms with Crippen molar-refractivity contribution in [1.82, 2.24) is 9.88 Å². The van der Waals surface area contributed by atoms with E-state index < -0.39 is 11.3 Å². The number of aromatic nitrogens is 1. The average Bonchev–Trinajstić information content (AvgIpc) is 2.89. The van der Waals surface area contributed by atoms with Crippen LogP contribution in [0.15, 0.2) is 27.4 Å². The third kappa shape index (κ3) is 4.32. The van der Waals surface area contributed by atoms with E-state index in [1.165, 1.54) is 4.57 Å². The van der Waals surface area contributed by atoms with Crippen molar-refractivity contribution in [3.63, 3.8) is 0 Å². The van der Waals surface area contributed by atoms with E-state index >= 15 is 0 Å². The molecule has 1 aliphatic rings. The highest BCUT2D eigenvalue weighted by Crippen LogP contribution is 2.31. The second kappa shape index (κ2) is 7.85. The molecule has 0 radical (unpaired) electrons. The molecule has 0 atom stereocenters. The van der Waals surface area contributed by atoms with Crippen LogP contribution in [-0.4, -0.2) is 28.7 Å². The van der Waals surface area contributed by atoms with Gasteiger partial charge in [0.15, 0.2) is 5.58 Å². The summed E-state index contributed by atoms with van der Waals surface area (Å²) in [7, 11) is 1.62. The van der Waals surface area contributed by atoms with Crippen molar-refractivity contribution in [3.8, 4) is 0 Å². The highest BCUT2D eigenvalue weighted by atomic mass is 16.5. The predicted octanol–water partition coefficient (Wildman–Crippen LogP) is 2.91. The number of carbonyl (C=O) groups is 2. The molecule has 0 bridgehead atoms. The van der Waals surface area contributed by atoms with Crippen LogP contribution in [0.25, 0.3) is 11.1 Å². The molecule has 1 aliphatic carbocycles. The summed E-state index contributed by atoms with van der Waals surface area (Å²) in [6.07, 6.45) is 4.66. The van der Waals surface area contributed by atoms with Crippen LogP contribution >= 0.6 is 0 Å². The largest absolute Gasteiger partial charge is 0.466 e. The number of carbonyl (C=O) groups excluding carboxylic acids is 2. The molecular formula is C19H25N3O5. The molecule has 1 aromatic heterocycles. The van der Waals surface area contributed by atoms with Crippen LogP contribution in [0.3, 0.4) is 0 Å². The highest BCUT2D eigenvalue weighted by molar-refractivity contribution is 5.92. The van der Waals surface area contributed by atoms with Crippen molar-refractivity contribution < 1.29 is 18.7 Å². The molecule has 2 N–H and O–H groups in total. The number of benzene rings is 1. The summed E-state index contributed by atoms with van der Waals surface area (Å²) in [5.41, 5.74) is 0.977. The Kier molecular flexibility index (Phi) is 5.53. The molecule has 0 aliphatic heterocycles. The van der Waals surface area contributed by atoms with Crippen molar-refractivity contribution in [2.45, 2.75) is 51.0 Å². The Hall–Kier alpha value is -2.77. The van der Waals surface area contributed by atoms with Crippen LogP contribution in [0.1, 0.15) is 45.4 Å². The molecule has 1 fully saturated rings. The third-order valence-corrected chi connectivity index (χ3v) is 5.03. The molecule has 3 rings (SSSR count). The number of oxazole rings is 1. The summed E-state index contributed by atoms with van der Waals surface area (Å²) in [5, 5.41) is 5.75. The number of ether oxygens (including phenoxy) is 1. The highest BCUT2D eigenvalue weighted by Gasteiger charge is 2.36. The second-order valence-corrected chi connectivity index (χ2v) is 7.01. The quantitative estimate of drug-likeness (QED) is 0.782. The molecule has 0 unspecified atom stereocenters. The van der Waals surface area contributed by atoms with Gasteiger partial charge in [0.25, 0.3) is 0 Å². The number of urea groups is 1. The van der Waals surface area contributed by atoms with Crippen LogP contribution in [0.2, 0.25) is 0 Å². The minimum atomic E-state index is -0.585. The zero-order valence-corrected chi connectivity index (χ0v) is 15.7. The van der Waals surface area contributed by atoms with Gasteiger partial charge in [-0.15, -0.1) is 0 Å². The molecule has 1 heterocycles. The molecule has 27 heavy (non-hydrogen) atoms. The minimum absolute atomic E-state index is 0.168. The lowest BCUT2D eigenvalue weighted by Crippen LogP contribution is -2.52. The number of hydrogen-bond acceptors (Lipinski definition) is 5. The number of esters is 1. The first-order valence-corrected chi connectivity index (χ1v) is 9.27. The number of anilines is 1. The summed E-state index contributed by atoms with van der Waals surface area (Å²) in [6.45, 7) is 2.09. The summed E-state index contributed by atoms with van der Waals surface area (Å²) < 4.78 is 11.6. The summed E-state index contributed by atoms with van der Waals surface area (Å²) in [6, 6.07) is 4.63. The Labute approximate surface area is 156 Å². The fourth-order valence-corrected chi connectivity index (χ4v) is 3.68. The molecule has 1 aromatic carbocycles. The van der Waals surface area contributed by atoms with Crippen LogP contribution < -0.4 is 16.4 Å². The van der Waals surface area contributed by atoms with E-state index in [9.17, 15) is 14.4 Å². The number of amides is 2. The summed E-state index contributed by atoms with van der Waals surface area (Å²) in [5.74, 6) is -0.755. The summed E-state index contributed by atoms with van der Waals surface area (Å²) >= 11 is 0. The molecule has 0 spiro atoms. The number of aryl methyl sites for hydroxylation is 1. The van der Waals surface area contributed by atoms with Gasteiger partial charge >= 0.3 is 17.8 Å². The lowest BCUT2D eigenvalue weighted by atomic mass is 9.79. The van der Waals surface area contributed by atoms with Crippen molar-refractivity contribution in [2.75, 3.05) is 11.9 Å². The first kappa shape index (κ1) is 19.0. The number of nitrogens with one attached hydrogen (secondary N) is 2. The SMILES string of the molecule is CCOC(=O)CC1(NC(=O)Nc2ccc3c(c2)oc(=O)n3C)CCCCC1. The summed E-state index contributed by atoms with van der Waals surface area (Å²) in [4.78, 5) is 36.1. The Morgan fingerprint density at radius 1 is 1.26 bits per heavy atom. The van der Waals surface area contributed by atoms with Gasteiger partial charge in [0.2, 0.25) is 0 Å². The minimum Gasteiger partial charge on any atom is -0.466 e. The fourth-order valence-electron chi connectivity index (χ4n) is 3.68. The normalized spacial score (nSPS) is 16.1. The van der Waals surface area contributed by atoms with E-state index in [1.54, 1.807) is 32.2 Å². The van der Waals surface area contributed by atoms with E-state index in [2.05, 4.69) is 10.6 Å². The van der Waals surface area contributed by atoms with E-state index in [-0.39, 0.29) is 18.4 Å². The van der Waals surface area contributed by atoms with Gasteiger partial charge in [-0.05, 0) is 31.9 Å². The first-order valence-electron chi connectivity index (χ1n) is 9.27. The third-order valence-electron chi connectivity index (χ3n) is 5.03. The van der Waals surface area contributed by atoms with Crippen molar-refractivity contribution in [2.24, 2.45) is 7.05 Å². The van der Waals surface area contributed by atoms with Gasteiger partial charge < -0.3 is 19.8 Å². The van der Waals surface area contributed by atoms with Crippen LogP contribution in [0.5, 0.6) is 0 Å². The standard InChI is InChI=1S/C19H25N3O5/c1-3-26-16(23)12-19(9-5-4-6-10-19)21-17(24)20-13-7-8-14-15(11-13)27-18(25)22(14)2/h7-8,11H,3-6,9-10,12H2,1-2H3,(H2,20,21,24). The number of fused-ring (bicyclic) bond motifs is 1. The van der Waals surface area contributed by atoms with E-state index in [0.29, 0.717) is 23.4 Å². The van der Waals surface area contributed by atoms with Gasteiger partial charge in [0.1, 0.15) is 0 Å². The van der Waals surface area contributed by atoms with Crippen LogP contribution in [0.4, 0.5) is 10.5 Å². The molecule has 2 amide bonds. The van der Waals surface area contributed by atoms with Gasteiger partial charge in [0.05, 0.1) is 24.1 Å². The van der Waals surface area contributed by atoms with Crippen molar-refractivity contribution >= 4 is 28.8 Å². The monoisotopic (exact) mass is 375 g/mol. The number of nitrogens with zero attached hydrogens (tertiary/aromatic N) is 1. The van der Waals surface area contributed by atoms with Gasteiger partial charge in [-0.3, -0.25) is 9.36 Å². The van der Waals surface area contributed by atoms with E-state index in [0.717, 1.165) is 32.1 Å². The lowest BCUT2D eigenvalue weighted by molar-refractivity contribution is -0.145. The van der Waals surface area contributed by atoms with E-state index in [4.69, 9.17) is 9.15 Å². The lowest BCUT2D eigenvalue weighted by Gasteiger charge is -2.37. The van der Waals surface area contributed by atoms with Crippen LogP contribution in [0, 0.1) is 0 Å². The Morgan fingerprint density at radius 2 is 2.00 bits per heavy atom. The Balaban J connectivity index is 1.72. The van der Waals surface area contributed by atoms with Crippen molar-refractivity contribution in [3.05, 3.63) is 28.7 Å². The first-order chi connectivity index (χ1) is 12.9. The maximum absolute atomic E-state index is 12.6. The average molecular weight is 375 g/mol. The number of hydrogen-bond donors (Lipinski definition) is 2. The number of rotatable bonds is 5. The molecule has 8 nitrogen and oxygen atoms in total. The molecular weight excluding hydrogens is 350 g/mol. The topological polar surface area (TPSA) is 103 Å². The maximum Gasteiger partial charge on any atom is 0.419 e. The molecule has 0 saturated heterocycles. The zero-order chi connectivity index (χ0) is 19.4. The van der Waals surface area contributed by atoms with Gasteiger partial charge in [-0.2, -0.15) is 0 Å². The molecule has 1 saturated carbocycles. The zero-order valence-electron chi connectivity index (χ0n) is 15.7. The second-order valence-electron chi connectivity index (χ2n) is 7.01. The molecule has 2 aromatic rings. The van der Waals surface area contributed by atoms with Gasteiger partial charge in [0, 0.05) is 18.8 Å². The Morgan fingerprint density at radius 3 is 2.70 bits per heavy atom. The fraction of sp³-hybridized carbons (Fsp3) is 0.526. The predicted molar refractivity (Wildman–Crippen MR) is 101 cm³/mol. The van der Waals surface area contributed by atoms with Crippen molar-refractivity contribution in [1.29, 1.82) is 0 Å². The van der Waals surface area contributed by atoms with Crippen LogP contribution in [-0.2, 0) is 16.6 Å². The Bertz CT molecular complexity index is 892. The maximum atomic E-state index is 12.6. The molecule has 146 valence electrons.